The van der Waals surface area contributed by atoms with Gasteiger partial charge in [0.15, 0.2) is 5.69 Å². The molecule has 0 aliphatic rings. The summed E-state index contributed by atoms with van der Waals surface area (Å²) in [7, 11) is 5.19. The standard InChI is InChI=1S/C15H14BrN5O3/c1-19(2)13-9-5-4-8(16)6-11(9)21(15(24)17-13)12-7-10(14(22)23)18-20(12)3/h4-7H,1-3H3,(H,22,23). The van der Waals surface area contributed by atoms with Gasteiger partial charge in [-0.05, 0) is 18.2 Å². The minimum absolute atomic E-state index is 0.140. The summed E-state index contributed by atoms with van der Waals surface area (Å²) in [6.07, 6.45) is 0. The second-order valence-corrected chi connectivity index (χ2v) is 6.34. The van der Waals surface area contributed by atoms with Crippen molar-refractivity contribution in [2.24, 2.45) is 7.05 Å². The smallest absolute Gasteiger partial charge is 0.356 e. The minimum atomic E-state index is -1.16. The molecule has 0 atom stereocenters. The largest absolute Gasteiger partial charge is 0.476 e. The van der Waals surface area contributed by atoms with Crippen LogP contribution in [0.3, 0.4) is 0 Å². The van der Waals surface area contributed by atoms with E-state index in [0.717, 1.165) is 9.86 Å². The van der Waals surface area contributed by atoms with Crippen LogP contribution in [0.5, 0.6) is 0 Å². The monoisotopic (exact) mass is 391 g/mol. The van der Waals surface area contributed by atoms with Crippen LogP contribution >= 0.6 is 15.9 Å². The van der Waals surface area contributed by atoms with Gasteiger partial charge in [-0.15, -0.1) is 0 Å². The third kappa shape index (κ3) is 2.56. The van der Waals surface area contributed by atoms with Crippen molar-refractivity contribution in [1.29, 1.82) is 0 Å². The summed E-state index contributed by atoms with van der Waals surface area (Å²) in [6.45, 7) is 0. The van der Waals surface area contributed by atoms with E-state index in [-0.39, 0.29) is 5.69 Å². The molecule has 0 aliphatic carbocycles. The molecule has 24 heavy (non-hydrogen) atoms. The van der Waals surface area contributed by atoms with Gasteiger partial charge in [-0.3, -0.25) is 4.68 Å². The summed E-state index contributed by atoms with van der Waals surface area (Å²) in [5.41, 5.74) is -0.0449. The Morgan fingerprint density at radius 1 is 1.29 bits per heavy atom. The number of hydrogen-bond acceptors (Lipinski definition) is 5. The Hall–Kier alpha value is -2.68. The fourth-order valence-electron chi connectivity index (χ4n) is 2.52. The number of aromatic nitrogens is 4. The van der Waals surface area contributed by atoms with Gasteiger partial charge >= 0.3 is 11.7 Å². The lowest BCUT2D eigenvalue weighted by Gasteiger charge is -2.17. The molecule has 0 bridgehead atoms. The van der Waals surface area contributed by atoms with Crippen LogP contribution < -0.4 is 10.6 Å². The fourth-order valence-corrected chi connectivity index (χ4v) is 2.87. The van der Waals surface area contributed by atoms with Crippen LogP contribution in [0.4, 0.5) is 5.82 Å². The van der Waals surface area contributed by atoms with Crippen molar-refractivity contribution in [3.63, 3.8) is 0 Å². The summed E-state index contributed by atoms with van der Waals surface area (Å²) in [6, 6.07) is 6.85. The lowest BCUT2D eigenvalue weighted by molar-refractivity contribution is 0.0689. The van der Waals surface area contributed by atoms with E-state index in [2.05, 4.69) is 26.0 Å². The lowest BCUT2D eigenvalue weighted by Crippen LogP contribution is -2.27. The second kappa shape index (κ2) is 5.75. The first-order valence-electron chi connectivity index (χ1n) is 6.97. The summed E-state index contributed by atoms with van der Waals surface area (Å²) in [5, 5.41) is 13.8. The Bertz CT molecular complexity index is 1020. The van der Waals surface area contributed by atoms with E-state index in [1.54, 1.807) is 32.1 Å². The fraction of sp³-hybridized carbons (Fsp3) is 0.200. The highest BCUT2D eigenvalue weighted by Gasteiger charge is 2.18. The molecule has 1 N–H and O–H groups in total. The highest BCUT2D eigenvalue weighted by Crippen LogP contribution is 2.26. The summed E-state index contributed by atoms with van der Waals surface area (Å²) < 4.78 is 3.49. The lowest BCUT2D eigenvalue weighted by atomic mass is 10.2. The van der Waals surface area contributed by atoms with Gasteiger partial charge in [0.1, 0.15) is 11.6 Å². The van der Waals surface area contributed by atoms with E-state index < -0.39 is 11.7 Å². The van der Waals surface area contributed by atoms with Crippen molar-refractivity contribution < 1.29 is 9.90 Å². The first-order valence-corrected chi connectivity index (χ1v) is 7.76. The van der Waals surface area contributed by atoms with Gasteiger partial charge in [0.05, 0.1) is 5.52 Å². The van der Waals surface area contributed by atoms with Crippen LogP contribution in [-0.4, -0.2) is 44.5 Å². The number of rotatable bonds is 3. The SMILES string of the molecule is CN(C)c1nc(=O)n(-c2cc(C(=O)O)nn2C)c2cc(Br)ccc12. The van der Waals surface area contributed by atoms with Crippen molar-refractivity contribution in [1.82, 2.24) is 19.3 Å². The number of hydrogen-bond donors (Lipinski definition) is 1. The first kappa shape index (κ1) is 16.2. The van der Waals surface area contributed by atoms with E-state index in [1.807, 2.05) is 12.1 Å². The molecule has 9 heteroatoms. The zero-order valence-corrected chi connectivity index (χ0v) is 14.8. The molecular weight excluding hydrogens is 378 g/mol. The molecule has 3 rings (SSSR count). The molecule has 124 valence electrons. The summed E-state index contributed by atoms with van der Waals surface area (Å²) in [5.74, 6) is -0.286. The highest BCUT2D eigenvalue weighted by molar-refractivity contribution is 9.10. The molecule has 2 heterocycles. The number of anilines is 1. The quantitative estimate of drug-likeness (QED) is 0.729. The molecule has 0 radical (unpaired) electrons. The Morgan fingerprint density at radius 2 is 2.00 bits per heavy atom. The molecule has 0 fully saturated rings. The van der Waals surface area contributed by atoms with Crippen LogP contribution in [0.15, 0.2) is 33.5 Å². The first-order chi connectivity index (χ1) is 11.3. The van der Waals surface area contributed by atoms with Crippen LogP contribution in [-0.2, 0) is 7.05 Å². The van der Waals surface area contributed by atoms with Gasteiger partial charge in [0.2, 0.25) is 0 Å². The Morgan fingerprint density at radius 3 is 2.58 bits per heavy atom. The second-order valence-electron chi connectivity index (χ2n) is 5.43. The summed E-state index contributed by atoms with van der Waals surface area (Å²) >= 11 is 3.41. The zero-order valence-electron chi connectivity index (χ0n) is 13.2. The molecular formula is C15H14BrN5O3. The maximum Gasteiger partial charge on any atom is 0.356 e. The molecule has 0 amide bonds. The van der Waals surface area contributed by atoms with Crippen LogP contribution in [0.1, 0.15) is 10.5 Å². The van der Waals surface area contributed by atoms with Crippen LogP contribution in [0, 0.1) is 0 Å². The maximum absolute atomic E-state index is 12.6. The molecule has 0 unspecified atom stereocenters. The van der Waals surface area contributed by atoms with E-state index in [4.69, 9.17) is 5.11 Å². The normalized spacial score (nSPS) is 11.0. The highest BCUT2D eigenvalue weighted by atomic mass is 79.9. The minimum Gasteiger partial charge on any atom is -0.476 e. The topological polar surface area (TPSA) is 93.2 Å². The van der Waals surface area contributed by atoms with Crippen molar-refractivity contribution in [2.75, 3.05) is 19.0 Å². The molecule has 3 aromatic rings. The third-order valence-electron chi connectivity index (χ3n) is 3.56. The van der Waals surface area contributed by atoms with Crippen molar-refractivity contribution >= 4 is 38.6 Å². The van der Waals surface area contributed by atoms with Crippen LogP contribution in [0.2, 0.25) is 0 Å². The van der Waals surface area contributed by atoms with E-state index >= 15 is 0 Å². The molecule has 8 nitrogen and oxygen atoms in total. The van der Waals surface area contributed by atoms with Gasteiger partial charge in [-0.25, -0.2) is 14.2 Å². The van der Waals surface area contributed by atoms with E-state index in [1.165, 1.54) is 15.3 Å². The number of benzene rings is 1. The van der Waals surface area contributed by atoms with E-state index in [9.17, 15) is 9.59 Å². The van der Waals surface area contributed by atoms with Crippen LogP contribution in [0.25, 0.3) is 16.7 Å². The zero-order chi connectivity index (χ0) is 17.6. The number of carbonyl (C=O) groups is 1. The number of aromatic carboxylic acids is 1. The molecule has 0 aliphatic heterocycles. The number of carboxylic acid groups (broad SMARTS) is 1. The third-order valence-corrected chi connectivity index (χ3v) is 4.05. The molecule has 0 saturated heterocycles. The van der Waals surface area contributed by atoms with Gasteiger partial charge in [0.25, 0.3) is 0 Å². The number of fused-ring (bicyclic) bond motifs is 1. The van der Waals surface area contributed by atoms with Crippen molar-refractivity contribution in [2.45, 2.75) is 0 Å². The molecule has 0 spiro atoms. The Kier molecular flexibility index (Phi) is 3.88. The predicted molar refractivity (Wildman–Crippen MR) is 93.1 cm³/mol. The predicted octanol–water partition coefficient (Wildman–Crippen LogP) is 1.65. The van der Waals surface area contributed by atoms with Gasteiger partial charge in [-0.1, -0.05) is 15.9 Å². The maximum atomic E-state index is 12.6. The van der Waals surface area contributed by atoms with Gasteiger partial charge in [0, 0.05) is 37.1 Å². The summed E-state index contributed by atoms with van der Waals surface area (Å²) in [4.78, 5) is 29.7. The number of aryl methyl sites for hydroxylation is 1. The van der Waals surface area contributed by atoms with E-state index in [0.29, 0.717) is 17.2 Å². The van der Waals surface area contributed by atoms with Crippen molar-refractivity contribution in [3.05, 3.63) is 44.9 Å². The molecule has 1 aromatic carbocycles. The van der Waals surface area contributed by atoms with Gasteiger partial charge in [-0.2, -0.15) is 10.1 Å². The molecule has 0 saturated carbocycles. The Labute approximate surface area is 145 Å². The number of nitrogens with zero attached hydrogens (tertiary/aromatic N) is 5. The average Bonchev–Trinajstić information content (AvgIpc) is 2.88. The van der Waals surface area contributed by atoms with Crippen molar-refractivity contribution in [3.8, 4) is 5.82 Å². The Balaban J connectivity index is 2.43. The number of halogens is 1. The average molecular weight is 392 g/mol. The van der Waals surface area contributed by atoms with Gasteiger partial charge < -0.3 is 10.0 Å². The number of carboxylic acids is 1. The molecule has 2 aromatic heterocycles.